The average Bonchev–Trinajstić information content (AvgIpc) is 2.56. The Balaban J connectivity index is 2.09. The fraction of sp³-hybridized carbons (Fsp3) is 0.222. The minimum atomic E-state index is -0.504. The Morgan fingerprint density at radius 2 is 1.92 bits per heavy atom. The molecule has 24 heavy (non-hydrogen) atoms. The summed E-state index contributed by atoms with van der Waals surface area (Å²) < 4.78 is 4.72. The van der Waals surface area contributed by atoms with E-state index in [1.165, 1.54) is 7.11 Å². The lowest BCUT2D eigenvalue weighted by molar-refractivity contribution is -0.116. The van der Waals surface area contributed by atoms with Crippen molar-refractivity contribution in [3.8, 4) is 0 Å². The van der Waals surface area contributed by atoms with Crippen LogP contribution in [0.4, 0.5) is 11.4 Å². The number of anilines is 2. The maximum atomic E-state index is 12.3. The second-order valence-electron chi connectivity index (χ2n) is 5.39. The molecule has 0 saturated carbocycles. The molecule has 2 aromatic rings. The number of carbonyl (C=O) groups is 2. The monoisotopic (exact) mass is 346 g/mol. The van der Waals surface area contributed by atoms with Crippen molar-refractivity contribution < 1.29 is 14.3 Å². The van der Waals surface area contributed by atoms with Gasteiger partial charge in [0.05, 0.1) is 12.7 Å². The van der Waals surface area contributed by atoms with Gasteiger partial charge in [0.15, 0.2) is 0 Å². The number of ether oxygens (including phenoxy) is 1. The maximum absolute atomic E-state index is 12.3. The molecule has 0 saturated heterocycles. The third-order valence-electron chi connectivity index (χ3n) is 3.52. The van der Waals surface area contributed by atoms with Crippen LogP contribution in [0.25, 0.3) is 0 Å². The SMILES string of the molecule is COC(=O)c1ccc(C)c(N[C@@H](C)C(=O)Nc2cccc(Cl)c2)c1. The van der Waals surface area contributed by atoms with Crippen LogP contribution < -0.4 is 10.6 Å². The lowest BCUT2D eigenvalue weighted by atomic mass is 10.1. The van der Waals surface area contributed by atoms with E-state index in [0.29, 0.717) is 22.0 Å². The quantitative estimate of drug-likeness (QED) is 0.806. The molecule has 2 aromatic carbocycles. The molecular weight excluding hydrogens is 328 g/mol. The highest BCUT2D eigenvalue weighted by atomic mass is 35.5. The van der Waals surface area contributed by atoms with E-state index in [4.69, 9.17) is 16.3 Å². The molecule has 0 heterocycles. The molecule has 1 atom stereocenters. The number of methoxy groups -OCH3 is 1. The topological polar surface area (TPSA) is 67.4 Å². The van der Waals surface area contributed by atoms with Gasteiger partial charge in [0.1, 0.15) is 6.04 Å². The van der Waals surface area contributed by atoms with Crippen molar-refractivity contribution in [2.45, 2.75) is 19.9 Å². The smallest absolute Gasteiger partial charge is 0.337 e. The Morgan fingerprint density at radius 1 is 1.17 bits per heavy atom. The molecule has 5 nitrogen and oxygen atoms in total. The lowest BCUT2D eigenvalue weighted by Gasteiger charge is -2.17. The third-order valence-corrected chi connectivity index (χ3v) is 3.75. The summed E-state index contributed by atoms with van der Waals surface area (Å²) in [5.74, 6) is -0.630. The zero-order chi connectivity index (χ0) is 17.7. The van der Waals surface area contributed by atoms with Crippen molar-refractivity contribution >= 4 is 34.9 Å². The first-order valence-electron chi connectivity index (χ1n) is 7.42. The van der Waals surface area contributed by atoms with Gasteiger partial charge in [-0.2, -0.15) is 0 Å². The molecule has 6 heteroatoms. The van der Waals surface area contributed by atoms with Crippen molar-refractivity contribution in [1.82, 2.24) is 0 Å². The van der Waals surface area contributed by atoms with Gasteiger partial charge in [-0.05, 0) is 49.7 Å². The number of rotatable bonds is 5. The van der Waals surface area contributed by atoms with Crippen LogP contribution in [0.2, 0.25) is 5.02 Å². The Morgan fingerprint density at radius 3 is 2.58 bits per heavy atom. The summed E-state index contributed by atoms with van der Waals surface area (Å²) >= 11 is 5.91. The first kappa shape index (κ1) is 17.8. The van der Waals surface area contributed by atoms with Crippen molar-refractivity contribution in [1.29, 1.82) is 0 Å². The van der Waals surface area contributed by atoms with E-state index in [1.54, 1.807) is 49.4 Å². The van der Waals surface area contributed by atoms with Crippen molar-refractivity contribution in [3.63, 3.8) is 0 Å². The summed E-state index contributed by atoms with van der Waals surface area (Å²) in [5, 5.41) is 6.46. The zero-order valence-corrected chi connectivity index (χ0v) is 14.5. The Labute approximate surface area is 146 Å². The van der Waals surface area contributed by atoms with Crippen molar-refractivity contribution in [2.24, 2.45) is 0 Å². The predicted octanol–water partition coefficient (Wildman–Crippen LogP) is 3.87. The zero-order valence-electron chi connectivity index (χ0n) is 13.7. The van der Waals surface area contributed by atoms with Gasteiger partial charge in [0.25, 0.3) is 0 Å². The predicted molar refractivity (Wildman–Crippen MR) is 95.7 cm³/mol. The first-order valence-corrected chi connectivity index (χ1v) is 7.80. The van der Waals surface area contributed by atoms with Gasteiger partial charge >= 0.3 is 5.97 Å². The van der Waals surface area contributed by atoms with Crippen LogP contribution in [-0.2, 0) is 9.53 Å². The summed E-state index contributed by atoms with van der Waals surface area (Å²) in [6.07, 6.45) is 0. The van der Waals surface area contributed by atoms with Gasteiger partial charge in [-0.3, -0.25) is 4.79 Å². The van der Waals surface area contributed by atoms with Crippen LogP contribution in [0.5, 0.6) is 0 Å². The van der Waals surface area contributed by atoms with Gasteiger partial charge in [-0.1, -0.05) is 23.7 Å². The largest absolute Gasteiger partial charge is 0.465 e. The number of nitrogens with one attached hydrogen (secondary N) is 2. The van der Waals surface area contributed by atoms with Crippen molar-refractivity contribution in [3.05, 3.63) is 58.6 Å². The normalized spacial score (nSPS) is 11.5. The average molecular weight is 347 g/mol. The van der Waals surface area contributed by atoms with Gasteiger partial charge in [0, 0.05) is 16.4 Å². The molecule has 2 rings (SSSR count). The van der Waals surface area contributed by atoms with E-state index >= 15 is 0 Å². The van der Waals surface area contributed by atoms with E-state index in [-0.39, 0.29) is 5.91 Å². The number of hydrogen-bond donors (Lipinski definition) is 2. The highest BCUT2D eigenvalue weighted by molar-refractivity contribution is 6.30. The number of carbonyl (C=O) groups excluding carboxylic acids is 2. The molecule has 0 unspecified atom stereocenters. The highest BCUT2D eigenvalue weighted by Crippen LogP contribution is 2.19. The van der Waals surface area contributed by atoms with Crippen LogP contribution >= 0.6 is 11.6 Å². The second kappa shape index (κ2) is 7.84. The molecule has 0 aliphatic rings. The van der Waals surface area contributed by atoms with Crippen LogP contribution in [0, 0.1) is 6.92 Å². The molecule has 0 fully saturated rings. The number of esters is 1. The molecule has 0 aromatic heterocycles. The van der Waals surface area contributed by atoms with E-state index < -0.39 is 12.0 Å². The number of hydrogen-bond acceptors (Lipinski definition) is 4. The minimum Gasteiger partial charge on any atom is -0.465 e. The molecule has 0 aliphatic carbocycles. The maximum Gasteiger partial charge on any atom is 0.337 e. The first-order chi connectivity index (χ1) is 11.4. The molecule has 126 valence electrons. The molecule has 0 radical (unpaired) electrons. The Bertz CT molecular complexity index is 762. The molecular formula is C18H19ClN2O3. The van der Waals surface area contributed by atoms with E-state index in [9.17, 15) is 9.59 Å². The van der Waals surface area contributed by atoms with Gasteiger partial charge < -0.3 is 15.4 Å². The standard InChI is InChI=1S/C18H19ClN2O3/c1-11-7-8-13(18(23)24-3)9-16(11)20-12(2)17(22)21-15-6-4-5-14(19)10-15/h4-10,12,20H,1-3H3,(H,21,22)/t12-/m0/s1. The molecule has 0 spiro atoms. The van der Waals surface area contributed by atoms with E-state index in [2.05, 4.69) is 10.6 Å². The summed E-state index contributed by atoms with van der Waals surface area (Å²) in [5.41, 5.74) is 2.67. The Hall–Kier alpha value is -2.53. The number of benzene rings is 2. The summed E-state index contributed by atoms with van der Waals surface area (Å²) in [6.45, 7) is 3.63. The third kappa shape index (κ3) is 4.49. The van der Waals surface area contributed by atoms with Gasteiger partial charge in [-0.15, -0.1) is 0 Å². The number of halogens is 1. The second-order valence-corrected chi connectivity index (χ2v) is 5.82. The number of aryl methyl sites for hydroxylation is 1. The van der Waals surface area contributed by atoms with Gasteiger partial charge in [-0.25, -0.2) is 4.79 Å². The molecule has 2 N–H and O–H groups in total. The highest BCUT2D eigenvalue weighted by Gasteiger charge is 2.15. The molecule has 0 bridgehead atoms. The van der Waals surface area contributed by atoms with Crippen LogP contribution in [0.3, 0.4) is 0 Å². The minimum absolute atomic E-state index is 0.208. The van der Waals surface area contributed by atoms with Gasteiger partial charge in [0.2, 0.25) is 5.91 Å². The summed E-state index contributed by atoms with van der Waals surface area (Å²) in [7, 11) is 1.33. The van der Waals surface area contributed by atoms with E-state index in [0.717, 1.165) is 5.56 Å². The summed E-state index contributed by atoms with van der Waals surface area (Å²) in [6, 6.07) is 11.6. The molecule has 0 aliphatic heterocycles. The van der Waals surface area contributed by atoms with Crippen LogP contribution in [-0.4, -0.2) is 25.0 Å². The Kier molecular flexibility index (Phi) is 5.82. The summed E-state index contributed by atoms with van der Waals surface area (Å²) in [4.78, 5) is 23.9. The fourth-order valence-corrected chi connectivity index (χ4v) is 2.33. The lowest BCUT2D eigenvalue weighted by Crippen LogP contribution is -2.32. The molecule has 1 amide bonds. The van der Waals surface area contributed by atoms with E-state index in [1.807, 2.05) is 6.92 Å². The van der Waals surface area contributed by atoms with Crippen LogP contribution in [0.1, 0.15) is 22.8 Å². The van der Waals surface area contributed by atoms with Crippen LogP contribution in [0.15, 0.2) is 42.5 Å². The van der Waals surface area contributed by atoms with Crippen molar-refractivity contribution in [2.75, 3.05) is 17.7 Å². The fourth-order valence-electron chi connectivity index (χ4n) is 2.14. The number of amides is 1.